The van der Waals surface area contributed by atoms with E-state index in [1.165, 1.54) is 23.0 Å². The predicted molar refractivity (Wildman–Crippen MR) is 114 cm³/mol. The highest BCUT2D eigenvalue weighted by Crippen LogP contribution is 2.34. The highest BCUT2D eigenvalue weighted by Gasteiger charge is 2.34. The first-order valence-corrected chi connectivity index (χ1v) is 10.1. The van der Waals surface area contributed by atoms with Gasteiger partial charge in [-0.25, -0.2) is 9.79 Å². The zero-order valence-electron chi connectivity index (χ0n) is 15.8. The Hall–Kier alpha value is -2.96. The van der Waals surface area contributed by atoms with Gasteiger partial charge in [-0.2, -0.15) is 0 Å². The molecule has 1 aromatic heterocycles. The molecule has 29 heavy (non-hydrogen) atoms. The first kappa shape index (κ1) is 19.4. The number of thiazole rings is 1. The van der Waals surface area contributed by atoms with E-state index in [-0.39, 0.29) is 5.56 Å². The molecule has 1 aliphatic rings. The lowest BCUT2D eigenvalue weighted by Crippen LogP contribution is -2.39. The summed E-state index contributed by atoms with van der Waals surface area (Å²) in [6.45, 7) is 1.74. The van der Waals surface area contributed by atoms with Crippen LogP contribution in [0.4, 0.5) is 0 Å². The zero-order valence-corrected chi connectivity index (χ0v) is 17.3. The number of aromatic nitrogens is 1. The van der Waals surface area contributed by atoms with Crippen molar-refractivity contribution in [3.8, 4) is 0 Å². The molecule has 0 bridgehead atoms. The van der Waals surface area contributed by atoms with E-state index in [0.29, 0.717) is 31.2 Å². The highest BCUT2D eigenvalue weighted by molar-refractivity contribution is 7.07. The average molecular weight is 425 g/mol. The van der Waals surface area contributed by atoms with E-state index in [4.69, 9.17) is 16.3 Å². The monoisotopic (exact) mass is 424 g/mol. The van der Waals surface area contributed by atoms with Crippen LogP contribution in [-0.4, -0.2) is 17.6 Å². The number of halogens is 1. The van der Waals surface area contributed by atoms with Crippen LogP contribution in [0, 0.1) is 0 Å². The second-order valence-electron chi connectivity index (χ2n) is 6.51. The van der Waals surface area contributed by atoms with E-state index < -0.39 is 12.0 Å². The number of methoxy groups -OCH3 is 1. The topological polar surface area (TPSA) is 60.7 Å². The Labute approximate surface area is 175 Å². The molecular formula is C22H17ClN2O3S. The minimum absolute atomic E-state index is 0.226. The summed E-state index contributed by atoms with van der Waals surface area (Å²) in [6, 6.07) is 16.1. The quantitative estimate of drug-likeness (QED) is 0.607. The van der Waals surface area contributed by atoms with E-state index in [1.807, 2.05) is 48.5 Å². The second-order valence-corrected chi connectivity index (χ2v) is 7.92. The zero-order chi connectivity index (χ0) is 20.5. The molecule has 1 atom stereocenters. The number of hydrogen-bond acceptors (Lipinski definition) is 5. The molecule has 0 saturated heterocycles. The van der Waals surface area contributed by atoms with Gasteiger partial charge in [-0.1, -0.05) is 71.5 Å². The number of carbonyl (C=O) groups excluding carboxylic acids is 1. The third-order valence-electron chi connectivity index (χ3n) is 4.72. The molecule has 0 saturated carbocycles. The fraction of sp³-hybridized carbons (Fsp3) is 0.136. The van der Waals surface area contributed by atoms with Crippen molar-refractivity contribution in [2.45, 2.75) is 13.0 Å². The van der Waals surface area contributed by atoms with Crippen LogP contribution in [0.3, 0.4) is 0 Å². The maximum absolute atomic E-state index is 13.3. The molecule has 1 aliphatic heterocycles. The minimum Gasteiger partial charge on any atom is -0.466 e. The number of benzene rings is 2. The number of hydrogen-bond donors (Lipinski definition) is 0. The number of allylic oxidation sites excluding steroid dienone is 1. The van der Waals surface area contributed by atoms with Crippen LogP contribution in [0.15, 0.2) is 75.7 Å². The van der Waals surface area contributed by atoms with Crippen molar-refractivity contribution in [1.29, 1.82) is 0 Å². The predicted octanol–water partition coefficient (Wildman–Crippen LogP) is 3.06. The van der Waals surface area contributed by atoms with Crippen LogP contribution >= 0.6 is 22.9 Å². The molecule has 0 amide bonds. The first-order chi connectivity index (χ1) is 14.0. The molecule has 0 radical (unpaired) electrons. The van der Waals surface area contributed by atoms with Crippen LogP contribution < -0.4 is 14.9 Å². The molecular weight excluding hydrogens is 408 g/mol. The van der Waals surface area contributed by atoms with Gasteiger partial charge in [0, 0.05) is 5.02 Å². The summed E-state index contributed by atoms with van der Waals surface area (Å²) in [5.41, 5.74) is 2.15. The van der Waals surface area contributed by atoms with Crippen molar-refractivity contribution in [2.75, 3.05) is 7.11 Å². The minimum atomic E-state index is -0.703. The Morgan fingerprint density at radius 1 is 1.17 bits per heavy atom. The Morgan fingerprint density at radius 2 is 1.86 bits per heavy atom. The van der Waals surface area contributed by atoms with Gasteiger partial charge < -0.3 is 4.74 Å². The molecule has 1 unspecified atom stereocenters. The SMILES string of the molecule is COC(=O)C1=C(C)N=c2s/c(=C/c3ccccc3)c(=O)n2C1c1ccccc1Cl. The van der Waals surface area contributed by atoms with Gasteiger partial charge >= 0.3 is 5.97 Å². The van der Waals surface area contributed by atoms with E-state index in [9.17, 15) is 9.59 Å². The Morgan fingerprint density at radius 3 is 2.55 bits per heavy atom. The first-order valence-electron chi connectivity index (χ1n) is 8.91. The van der Waals surface area contributed by atoms with Crippen molar-refractivity contribution in [1.82, 2.24) is 4.57 Å². The highest BCUT2D eigenvalue weighted by atomic mass is 35.5. The molecule has 0 N–H and O–H groups in total. The molecule has 146 valence electrons. The molecule has 2 aromatic carbocycles. The maximum Gasteiger partial charge on any atom is 0.338 e. The summed E-state index contributed by atoms with van der Waals surface area (Å²) >= 11 is 7.73. The molecule has 5 nitrogen and oxygen atoms in total. The van der Waals surface area contributed by atoms with Gasteiger partial charge in [-0.15, -0.1) is 0 Å². The Kier molecular flexibility index (Phi) is 5.22. The summed E-state index contributed by atoms with van der Waals surface area (Å²) < 4.78 is 7.05. The third-order valence-corrected chi connectivity index (χ3v) is 6.05. The van der Waals surface area contributed by atoms with E-state index in [1.54, 1.807) is 19.1 Å². The largest absolute Gasteiger partial charge is 0.466 e. The fourth-order valence-electron chi connectivity index (χ4n) is 3.38. The second kappa shape index (κ2) is 7.81. The summed E-state index contributed by atoms with van der Waals surface area (Å²) in [5.74, 6) is -0.534. The van der Waals surface area contributed by atoms with Gasteiger partial charge in [0.25, 0.3) is 5.56 Å². The van der Waals surface area contributed by atoms with Crippen molar-refractivity contribution >= 4 is 35.0 Å². The van der Waals surface area contributed by atoms with Crippen LogP contribution in [0.25, 0.3) is 6.08 Å². The molecule has 0 aliphatic carbocycles. The lowest BCUT2D eigenvalue weighted by atomic mass is 9.96. The van der Waals surface area contributed by atoms with Gasteiger partial charge in [0.05, 0.1) is 22.9 Å². The van der Waals surface area contributed by atoms with E-state index in [0.717, 1.165) is 5.56 Å². The molecule has 0 spiro atoms. The summed E-state index contributed by atoms with van der Waals surface area (Å²) in [7, 11) is 1.31. The van der Waals surface area contributed by atoms with Crippen molar-refractivity contribution in [2.24, 2.45) is 4.99 Å². The van der Waals surface area contributed by atoms with Crippen LogP contribution in [-0.2, 0) is 9.53 Å². The van der Waals surface area contributed by atoms with Crippen molar-refractivity contribution < 1.29 is 9.53 Å². The lowest BCUT2D eigenvalue weighted by Gasteiger charge is -2.25. The average Bonchev–Trinajstić information content (AvgIpc) is 3.02. The molecule has 3 aromatic rings. The van der Waals surface area contributed by atoms with Crippen LogP contribution in [0.1, 0.15) is 24.1 Å². The molecule has 7 heteroatoms. The number of ether oxygens (including phenoxy) is 1. The maximum atomic E-state index is 13.3. The lowest BCUT2D eigenvalue weighted by molar-refractivity contribution is -0.136. The third kappa shape index (κ3) is 3.45. The molecule has 0 fully saturated rings. The molecule has 4 rings (SSSR count). The number of carbonyl (C=O) groups is 1. The number of fused-ring (bicyclic) bond motifs is 1. The van der Waals surface area contributed by atoms with Gasteiger partial charge in [-0.05, 0) is 30.2 Å². The number of nitrogens with zero attached hydrogens (tertiary/aromatic N) is 2. The number of esters is 1. The molecule has 2 heterocycles. The normalized spacial score (nSPS) is 16.4. The number of rotatable bonds is 3. The van der Waals surface area contributed by atoms with Gasteiger partial charge in [0.1, 0.15) is 6.04 Å². The van der Waals surface area contributed by atoms with Gasteiger partial charge in [0.2, 0.25) is 0 Å². The van der Waals surface area contributed by atoms with E-state index >= 15 is 0 Å². The smallest absolute Gasteiger partial charge is 0.338 e. The Bertz CT molecular complexity index is 1310. The van der Waals surface area contributed by atoms with Crippen molar-refractivity contribution in [3.05, 3.63) is 102 Å². The van der Waals surface area contributed by atoms with Crippen LogP contribution in [0.5, 0.6) is 0 Å². The van der Waals surface area contributed by atoms with E-state index in [2.05, 4.69) is 4.99 Å². The van der Waals surface area contributed by atoms with Crippen molar-refractivity contribution in [3.63, 3.8) is 0 Å². The standard InChI is InChI=1S/C22H17ClN2O3S/c1-13-18(21(27)28-2)19(15-10-6-7-11-16(15)23)25-20(26)17(29-22(25)24-13)12-14-8-4-3-5-9-14/h3-12,19H,1-2H3/b17-12+. The summed E-state index contributed by atoms with van der Waals surface area (Å²) in [6.07, 6.45) is 1.82. The summed E-state index contributed by atoms with van der Waals surface area (Å²) in [4.78, 5) is 31.0. The van der Waals surface area contributed by atoms with Gasteiger partial charge in [0.15, 0.2) is 4.80 Å². The Balaban J connectivity index is 2.02. The van der Waals surface area contributed by atoms with Crippen LogP contribution in [0.2, 0.25) is 5.02 Å². The summed E-state index contributed by atoms with van der Waals surface area (Å²) in [5, 5.41) is 0.464. The fourth-order valence-corrected chi connectivity index (χ4v) is 4.67. The van der Waals surface area contributed by atoms with Gasteiger partial charge in [-0.3, -0.25) is 9.36 Å².